The molecular weight excluding hydrogens is 435 g/mol. The van der Waals surface area contributed by atoms with Gasteiger partial charge in [-0.05, 0) is 73.3 Å². The number of fused-ring (bicyclic) bond motifs is 1. The van der Waals surface area contributed by atoms with Crippen molar-refractivity contribution in [1.29, 1.82) is 0 Å². The van der Waals surface area contributed by atoms with E-state index in [1.165, 1.54) is 13.2 Å². The fourth-order valence-corrected chi connectivity index (χ4v) is 6.55. The normalized spacial score (nSPS) is 31.9. The SMILES string of the molecule is COc1ccccc1Oc1ccc(C(F)(F)F)cc1N1C(=O)C2C3CCC(C4CC43)C2C1=O. The molecule has 2 bridgehead atoms. The van der Waals surface area contributed by atoms with Crippen LogP contribution in [0.4, 0.5) is 18.9 Å². The van der Waals surface area contributed by atoms with Crippen molar-refractivity contribution in [3.63, 3.8) is 0 Å². The second-order valence-corrected chi connectivity index (χ2v) is 9.47. The van der Waals surface area contributed by atoms with Crippen molar-refractivity contribution >= 4 is 17.5 Å². The maximum absolute atomic E-state index is 13.6. The van der Waals surface area contributed by atoms with Crippen molar-refractivity contribution in [3.8, 4) is 17.2 Å². The van der Waals surface area contributed by atoms with Gasteiger partial charge in [-0.2, -0.15) is 13.2 Å². The number of rotatable bonds is 4. The van der Waals surface area contributed by atoms with Gasteiger partial charge in [0.15, 0.2) is 17.2 Å². The predicted molar refractivity (Wildman–Crippen MR) is 112 cm³/mol. The van der Waals surface area contributed by atoms with Crippen LogP contribution in [0, 0.1) is 35.5 Å². The molecule has 0 N–H and O–H groups in total. The van der Waals surface area contributed by atoms with E-state index in [1.807, 2.05) is 0 Å². The maximum atomic E-state index is 13.6. The summed E-state index contributed by atoms with van der Waals surface area (Å²) in [4.78, 5) is 28.0. The second kappa shape index (κ2) is 6.98. The van der Waals surface area contributed by atoms with Crippen LogP contribution in [-0.4, -0.2) is 18.9 Å². The van der Waals surface area contributed by atoms with E-state index < -0.39 is 35.4 Å². The number of imide groups is 1. The fraction of sp³-hybridized carbons (Fsp3) is 0.440. The molecule has 5 fully saturated rings. The summed E-state index contributed by atoms with van der Waals surface area (Å²) in [6, 6.07) is 9.61. The average Bonchev–Trinajstić information content (AvgIpc) is 3.57. The van der Waals surface area contributed by atoms with Crippen LogP contribution < -0.4 is 14.4 Å². The number of carbonyl (C=O) groups is 2. The van der Waals surface area contributed by atoms with Gasteiger partial charge in [0, 0.05) is 0 Å². The number of anilines is 1. The average molecular weight is 457 g/mol. The minimum atomic E-state index is -4.63. The van der Waals surface area contributed by atoms with E-state index in [0.717, 1.165) is 36.3 Å². The second-order valence-electron chi connectivity index (χ2n) is 9.47. The van der Waals surface area contributed by atoms with Crippen LogP contribution in [0.3, 0.4) is 0 Å². The van der Waals surface area contributed by atoms with E-state index >= 15 is 0 Å². The highest BCUT2D eigenvalue weighted by molar-refractivity contribution is 6.23. The third kappa shape index (κ3) is 2.99. The Hall–Kier alpha value is -3.03. The summed E-state index contributed by atoms with van der Waals surface area (Å²) in [6.07, 6.45) is -1.74. The molecule has 0 spiro atoms. The van der Waals surface area contributed by atoms with Crippen molar-refractivity contribution in [1.82, 2.24) is 0 Å². The maximum Gasteiger partial charge on any atom is 0.416 e. The van der Waals surface area contributed by atoms with Gasteiger partial charge in [0.2, 0.25) is 11.8 Å². The zero-order valence-corrected chi connectivity index (χ0v) is 17.8. The largest absolute Gasteiger partial charge is 0.493 e. The molecule has 1 heterocycles. The predicted octanol–water partition coefficient (Wildman–Crippen LogP) is 5.29. The van der Waals surface area contributed by atoms with E-state index in [2.05, 4.69) is 0 Å². The number of hydrogen-bond donors (Lipinski definition) is 0. The highest BCUT2D eigenvalue weighted by Gasteiger charge is 2.68. The van der Waals surface area contributed by atoms with Crippen molar-refractivity contribution in [2.45, 2.75) is 25.4 Å². The van der Waals surface area contributed by atoms with Crippen molar-refractivity contribution in [2.75, 3.05) is 12.0 Å². The first kappa shape index (κ1) is 20.6. The van der Waals surface area contributed by atoms with Crippen LogP contribution in [0.15, 0.2) is 42.5 Å². The van der Waals surface area contributed by atoms with Crippen LogP contribution in [0.5, 0.6) is 17.2 Å². The smallest absolute Gasteiger partial charge is 0.416 e. The molecule has 2 aromatic carbocycles. The Morgan fingerprint density at radius 1 is 0.848 bits per heavy atom. The minimum Gasteiger partial charge on any atom is -0.493 e. The number of amides is 2. The zero-order valence-electron chi connectivity index (χ0n) is 17.8. The summed E-state index contributed by atoms with van der Waals surface area (Å²) in [5.41, 5.74) is -1.10. The van der Waals surface area contributed by atoms with Crippen molar-refractivity contribution in [2.24, 2.45) is 35.5 Å². The molecule has 0 radical (unpaired) electrons. The molecule has 4 aliphatic carbocycles. The molecule has 33 heavy (non-hydrogen) atoms. The van der Waals surface area contributed by atoms with Crippen LogP contribution in [0.25, 0.3) is 0 Å². The zero-order chi connectivity index (χ0) is 23.1. The van der Waals surface area contributed by atoms with Gasteiger partial charge in [0.05, 0.1) is 30.2 Å². The lowest BCUT2D eigenvalue weighted by molar-refractivity contribution is -0.137. The summed E-state index contributed by atoms with van der Waals surface area (Å²) in [7, 11) is 1.45. The van der Waals surface area contributed by atoms with Gasteiger partial charge in [0.25, 0.3) is 0 Å². The van der Waals surface area contributed by atoms with Crippen LogP contribution in [-0.2, 0) is 15.8 Å². The van der Waals surface area contributed by atoms with Crippen molar-refractivity contribution in [3.05, 3.63) is 48.0 Å². The summed E-state index contributed by atoms with van der Waals surface area (Å²) >= 11 is 0. The molecule has 2 aromatic rings. The number of nitrogens with zero attached hydrogens (tertiary/aromatic N) is 1. The van der Waals surface area contributed by atoms with Gasteiger partial charge >= 0.3 is 6.18 Å². The molecule has 4 saturated carbocycles. The number of methoxy groups -OCH3 is 1. The van der Waals surface area contributed by atoms with Gasteiger partial charge in [-0.15, -0.1) is 0 Å². The number of carbonyl (C=O) groups excluding carboxylic acids is 2. The Bertz CT molecular complexity index is 1130. The molecule has 172 valence electrons. The summed E-state index contributed by atoms with van der Waals surface area (Å²) in [6.45, 7) is 0. The van der Waals surface area contributed by atoms with E-state index in [0.29, 0.717) is 17.6 Å². The number of para-hydroxylation sites is 2. The molecule has 0 aromatic heterocycles. The lowest BCUT2D eigenvalue weighted by Gasteiger charge is -2.42. The van der Waals surface area contributed by atoms with E-state index in [1.54, 1.807) is 24.3 Å². The van der Waals surface area contributed by atoms with E-state index in [4.69, 9.17) is 9.47 Å². The Balaban J connectivity index is 1.44. The van der Waals surface area contributed by atoms with Gasteiger partial charge in [-0.1, -0.05) is 12.1 Å². The van der Waals surface area contributed by atoms with Crippen molar-refractivity contribution < 1.29 is 32.2 Å². The number of alkyl halides is 3. The first-order valence-electron chi connectivity index (χ1n) is 11.2. The van der Waals surface area contributed by atoms with E-state index in [-0.39, 0.29) is 29.0 Å². The van der Waals surface area contributed by atoms with E-state index in [9.17, 15) is 22.8 Å². The molecule has 8 heteroatoms. The molecule has 1 saturated heterocycles. The lowest BCUT2D eigenvalue weighted by Crippen LogP contribution is -2.43. The Morgan fingerprint density at radius 2 is 1.45 bits per heavy atom. The van der Waals surface area contributed by atoms with Gasteiger partial charge < -0.3 is 9.47 Å². The fourth-order valence-electron chi connectivity index (χ4n) is 6.55. The summed E-state index contributed by atoms with van der Waals surface area (Å²) in [5, 5.41) is 0. The number of ether oxygens (including phenoxy) is 2. The molecule has 5 aliphatic rings. The standard InChI is InChI=1S/C25H22F3NO4/c1-32-19-4-2-3-5-20(19)33-18-9-6-12(25(26,27)28)10-17(18)29-23(30)21-13-7-8-14(16-11-15(13)16)22(21)24(29)31/h2-6,9-10,13-16,21-22H,7-8,11H2,1H3. The van der Waals surface area contributed by atoms with Gasteiger partial charge in [0.1, 0.15) is 0 Å². The lowest BCUT2D eigenvalue weighted by atomic mass is 9.59. The van der Waals surface area contributed by atoms with Crippen LogP contribution in [0.2, 0.25) is 0 Å². The highest BCUT2D eigenvalue weighted by atomic mass is 19.4. The molecular formula is C25H22F3NO4. The Morgan fingerprint density at radius 3 is 2.03 bits per heavy atom. The minimum absolute atomic E-state index is 0.00496. The quantitative estimate of drug-likeness (QED) is 0.586. The number of benzene rings is 2. The molecule has 5 nitrogen and oxygen atoms in total. The summed E-state index contributed by atoms with van der Waals surface area (Å²) < 4.78 is 51.9. The monoisotopic (exact) mass is 457 g/mol. The number of halogens is 3. The third-order valence-corrected chi connectivity index (χ3v) is 7.96. The molecule has 7 rings (SSSR count). The Labute approximate surface area is 188 Å². The van der Waals surface area contributed by atoms with Gasteiger partial charge in [-0.25, -0.2) is 4.90 Å². The molecule has 6 atom stereocenters. The highest BCUT2D eigenvalue weighted by Crippen LogP contribution is 2.68. The van der Waals surface area contributed by atoms with Crippen LogP contribution >= 0.6 is 0 Å². The Kier molecular flexibility index (Phi) is 4.35. The topological polar surface area (TPSA) is 55.8 Å². The van der Waals surface area contributed by atoms with Gasteiger partial charge in [-0.3, -0.25) is 9.59 Å². The molecule has 2 amide bonds. The third-order valence-electron chi connectivity index (χ3n) is 7.96. The molecule has 1 aliphatic heterocycles. The summed E-state index contributed by atoms with van der Waals surface area (Å²) in [5.74, 6) is 0.260. The van der Waals surface area contributed by atoms with Crippen LogP contribution in [0.1, 0.15) is 24.8 Å². The first-order chi connectivity index (χ1) is 15.8. The molecule has 6 unspecified atom stereocenters. The first-order valence-corrected chi connectivity index (χ1v) is 11.2. The number of hydrogen-bond acceptors (Lipinski definition) is 4.